The van der Waals surface area contributed by atoms with E-state index in [9.17, 15) is 22.4 Å². The summed E-state index contributed by atoms with van der Waals surface area (Å²) in [6, 6.07) is 2.97. The fourth-order valence-corrected chi connectivity index (χ4v) is 2.65. The van der Waals surface area contributed by atoms with Crippen LogP contribution < -0.4 is 0 Å². The van der Waals surface area contributed by atoms with Crippen LogP contribution in [0.2, 0.25) is 5.02 Å². The highest BCUT2D eigenvalue weighted by molar-refractivity contribution is 6.30. The Balaban J connectivity index is 2.33. The largest absolute Gasteiger partial charge is 0.471 e. The average molecular weight is 310 g/mol. The second-order valence-electron chi connectivity index (χ2n) is 4.83. The van der Waals surface area contributed by atoms with E-state index in [-0.39, 0.29) is 24.5 Å². The minimum Gasteiger partial charge on any atom is -0.334 e. The third-order valence-electron chi connectivity index (χ3n) is 3.39. The summed E-state index contributed by atoms with van der Waals surface area (Å²) in [6.07, 6.45) is -4.73. The smallest absolute Gasteiger partial charge is 0.334 e. The van der Waals surface area contributed by atoms with Crippen LogP contribution in [-0.4, -0.2) is 30.1 Å². The molecule has 0 bridgehead atoms. The van der Waals surface area contributed by atoms with Crippen molar-refractivity contribution in [3.05, 3.63) is 34.1 Å². The minimum absolute atomic E-state index is 0.0637. The van der Waals surface area contributed by atoms with E-state index in [1.54, 1.807) is 13.0 Å². The van der Waals surface area contributed by atoms with Gasteiger partial charge in [-0.3, -0.25) is 4.79 Å². The Hall–Kier alpha value is -1.30. The van der Waals surface area contributed by atoms with Crippen LogP contribution in [0.5, 0.6) is 0 Å². The highest BCUT2D eigenvalue weighted by Crippen LogP contribution is 2.32. The van der Waals surface area contributed by atoms with Crippen molar-refractivity contribution in [2.75, 3.05) is 13.1 Å². The molecule has 7 heteroatoms. The van der Waals surface area contributed by atoms with Crippen LogP contribution in [0.1, 0.15) is 24.0 Å². The Bertz CT molecular complexity index is 544. The number of alkyl halides is 3. The van der Waals surface area contributed by atoms with Crippen molar-refractivity contribution < 1.29 is 22.4 Å². The molecule has 1 aliphatic heterocycles. The predicted molar refractivity (Wildman–Crippen MR) is 66.2 cm³/mol. The van der Waals surface area contributed by atoms with Gasteiger partial charge in [0.15, 0.2) is 0 Å². The van der Waals surface area contributed by atoms with E-state index >= 15 is 0 Å². The Kier molecular flexibility index (Phi) is 3.95. The zero-order valence-electron chi connectivity index (χ0n) is 10.6. The van der Waals surface area contributed by atoms with Gasteiger partial charge in [0.25, 0.3) is 0 Å². The summed E-state index contributed by atoms with van der Waals surface area (Å²) < 4.78 is 51.5. The monoisotopic (exact) mass is 309 g/mol. The second-order valence-corrected chi connectivity index (χ2v) is 5.24. The van der Waals surface area contributed by atoms with Crippen LogP contribution in [-0.2, 0) is 11.2 Å². The zero-order chi connectivity index (χ0) is 15.1. The zero-order valence-corrected chi connectivity index (χ0v) is 11.4. The molecule has 0 radical (unpaired) electrons. The lowest BCUT2D eigenvalue weighted by molar-refractivity contribution is -0.185. The average Bonchev–Trinajstić information content (AvgIpc) is 2.51. The highest BCUT2D eigenvalue weighted by Gasteiger charge is 2.43. The molecule has 2 rings (SSSR count). The number of benzene rings is 1. The standard InChI is InChI=1S/C13H12ClF4NO/c1-7-6-19(12(20)13(16,17)18)5-4-8-2-3-9(14)11(15)10(7)8/h2-3,7H,4-6H2,1H3. The van der Waals surface area contributed by atoms with E-state index < -0.39 is 23.8 Å². The molecule has 0 aromatic heterocycles. The van der Waals surface area contributed by atoms with E-state index in [0.29, 0.717) is 11.1 Å². The van der Waals surface area contributed by atoms with Crippen molar-refractivity contribution in [1.82, 2.24) is 4.90 Å². The number of fused-ring (bicyclic) bond motifs is 1. The molecule has 1 aliphatic rings. The van der Waals surface area contributed by atoms with Gasteiger partial charge in [0.1, 0.15) is 5.82 Å². The maximum atomic E-state index is 14.0. The topological polar surface area (TPSA) is 20.3 Å². The van der Waals surface area contributed by atoms with E-state index in [0.717, 1.165) is 4.90 Å². The summed E-state index contributed by atoms with van der Waals surface area (Å²) in [6.45, 7) is 1.32. The molecule has 1 aromatic rings. The Labute approximate surface area is 118 Å². The molecule has 0 N–H and O–H groups in total. The minimum atomic E-state index is -4.91. The van der Waals surface area contributed by atoms with Gasteiger partial charge in [0.2, 0.25) is 0 Å². The second kappa shape index (κ2) is 5.24. The van der Waals surface area contributed by atoms with E-state index in [4.69, 9.17) is 11.6 Å². The lowest BCUT2D eigenvalue weighted by Crippen LogP contribution is -2.42. The summed E-state index contributed by atoms with van der Waals surface area (Å²) in [5.74, 6) is -3.04. The molecule has 0 spiro atoms. The van der Waals surface area contributed by atoms with Gasteiger partial charge >= 0.3 is 12.1 Å². The number of hydrogen-bond acceptors (Lipinski definition) is 1. The molecule has 0 saturated heterocycles. The lowest BCUT2D eigenvalue weighted by Gasteiger charge is -2.24. The van der Waals surface area contributed by atoms with Gasteiger partial charge in [-0.1, -0.05) is 24.6 Å². The molecule has 1 atom stereocenters. The molecule has 1 aromatic carbocycles. The van der Waals surface area contributed by atoms with Gasteiger partial charge in [-0.2, -0.15) is 13.2 Å². The van der Waals surface area contributed by atoms with Crippen molar-refractivity contribution in [3.63, 3.8) is 0 Å². The summed E-state index contributed by atoms with van der Waals surface area (Å²) in [4.78, 5) is 12.0. The number of carbonyl (C=O) groups excluding carboxylic acids is 1. The van der Waals surface area contributed by atoms with Crippen molar-refractivity contribution in [3.8, 4) is 0 Å². The van der Waals surface area contributed by atoms with Crippen LogP contribution in [0.25, 0.3) is 0 Å². The number of amides is 1. The summed E-state index contributed by atoms with van der Waals surface area (Å²) in [5, 5.41) is -0.0637. The molecule has 2 nitrogen and oxygen atoms in total. The van der Waals surface area contributed by atoms with Gasteiger partial charge in [0.05, 0.1) is 5.02 Å². The SMILES string of the molecule is CC1CN(C(=O)C(F)(F)F)CCc2ccc(Cl)c(F)c21. The lowest BCUT2D eigenvalue weighted by atomic mass is 9.95. The fraction of sp³-hybridized carbons (Fsp3) is 0.462. The first-order chi connectivity index (χ1) is 9.21. The Morgan fingerprint density at radius 1 is 1.40 bits per heavy atom. The molecule has 20 heavy (non-hydrogen) atoms. The number of halogens is 5. The first-order valence-electron chi connectivity index (χ1n) is 6.04. The van der Waals surface area contributed by atoms with Crippen LogP contribution in [0.15, 0.2) is 12.1 Å². The number of carbonyl (C=O) groups is 1. The van der Waals surface area contributed by atoms with E-state index in [1.807, 2.05) is 0 Å². The summed E-state index contributed by atoms with van der Waals surface area (Å²) >= 11 is 5.70. The third kappa shape index (κ3) is 2.75. The molecule has 0 fully saturated rings. The van der Waals surface area contributed by atoms with Crippen molar-refractivity contribution >= 4 is 17.5 Å². The Morgan fingerprint density at radius 2 is 2.05 bits per heavy atom. The maximum Gasteiger partial charge on any atom is 0.471 e. The van der Waals surface area contributed by atoms with Crippen LogP contribution in [0.4, 0.5) is 17.6 Å². The molecule has 1 unspecified atom stereocenters. The van der Waals surface area contributed by atoms with Gasteiger partial charge in [0, 0.05) is 19.0 Å². The van der Waals surface area contributed by atoms with Crippen molar-refractivity contribution in [1.29, 1.82) is 0 Å². The first-order valence-corrected chi connectivity index (χ1v) is 6.42. The van der Waals surface area contributed by atoms with Crippen LogP contribution >= 0.6 is 11.6 Å². The Morgan fingerprint density at radius 3 is 2.65 bits per heavy atom. The highest BCUT2D eigenvalue weighted by atomic mass is 35.5. The van der Waals surface area contributed by atoms with Crippen LogP contribution in [0, 0.1) is 5.82 Å². The molecule has 1 amide bonds. The van der Waals surface area contributed by atoms with Crippen LogP contribution in [0.3, 0.4) is 0 Å². The predicted octanol–water partition coefficient (Wildman–Crippen LogP) is 3.53. The normalized spacial score (nSPS) is 19.5. The van der Waals surface area contributed by atoms with Crippen molar-refractivity contribution in [2.24, 2.45) is 0 Å². The number of hydrogen-bond donors (Lipinski definition) is 0. The quantitative estimate of drug-likeness (QED) is 0.671. The van der Waals surface area contributed by atoms with Gasteiger partial charge in [-0.05, 0) is 23.6 Å². The van der Waals surface area contributed by atoms with E-state index in [1.165, 1.54) is 6.07 Å². The van der Waals surface area contributed by atoms with Gasteiger partial charge in [-0.25, -0.2) is 4.39 Å². The number of nitrogens with zero attached hydrogens (tertiary/aromatic N) is 1. The van der Waals surface area contributed by atoms with Gasteiger partial charge in [-0.15, -0.1) is 0 Å². The summed E-state index contributed by atoms with van der Waals surface area (Å²) in [7, 11) is 0. The number of rotatable bonds is 0. The first kappa shape index (κ1) is 15.1. The molecular weight excluding hydrogens is 298 g/mol. The maximum absolute atomic E-state index is 14.0. The molecule has 0 aliphatic carbocycles. The van der Waals surface area contributed by atoms with Crippen molar-refractivity contribution in [2.45, 2.75) is 25.4 Å². The van der Waals surface area contributed by atoms with Gasteiger partial charge < -0.3 is 4.90 Å². The summed E-state index contributed by atoms with van der Waals surface area (Å²) in [5.41, 5.74) is 0.895. The van der Waals surface area contributed by atoms with E-state index in [2.05, 4.69) is 0 Å². The molecule has 1 heterocycles. The fourth-order valence-electron chi connectivity index (χ4n) is 2.49. The molecular formula is C13H12ClF4NO. The third-order valence-corrected chi connectivity index (χ3v) is 3.68. The molecule has 0 saturated carbocycles. The molecule has 110 valence electrons.